The third-order valence-corrected chi connectivity index (χ3v) is 3.42. The van der Waals surface area contributed by atoms with Gasteiger partial charge in [0.25, 0.3) is 0 Å². The molecule has 90 valence electrons. The number of aromatic nitrogens is 3. The van der Waals surface area contributed by atoms with Gasteiger partial charge in [-0.3, -0.25) is 4.90 Å². The molecule has 2 atom stereocenters. The summed E-state index contributed by atoms with van der Waals surface area (Å²) in [5.74, 6) is 2.03. The highest BCUT2D eigenvalue weighted by atomic mass is 15.3. The molecule has 1 aliphatic heterocycles. The molecule has 2 unspecified atom stereocenters. The van der Waals surface area contributed by atoms with E-state index < -0.39 is 0 Å². The monoisotopic (exact) mass is 223 g/mol. The number of piperazine rings is 1. The van der Waals surface area contributed by atoms with Gasteiger partial charge in [0.15, 0.2) is 0 Å². The Bertz CT molecular complexity index is 359. The molecule has 0 spiro atoms. The fraction of sp³-hybridized carbons (Fsp3) is 0.818. The minimum atomic E-state index is 0.561. The highest BCUT2D eigenvalue weighted by Gasteiger charge is 2.23. The third-order valence-electron chi connectivity index (χ3n) is 3.42. The second-order valence-corrected chi connectivity index (χ2v) is 4.81. The fourth-order valence-corrected chi connectivity index (χ4v) is 2.09. The van der Waals surface area contributed by atoms with Crippen LogP contribution in [0.5, 0.6) is 0 Å². The average molecular weight is 223 g/mol. The van der Waals surface area contributed by atoms with Gasteiger partial charge in [0.05, 0.1) is 6.54 Å². The Labute approximate surface area is 96.8 Å². The van der Waals surface area contributed by atoms with E-state index >= 15 is 0 Å². The van der Waals surface area contributed by atoms with Crippen LogP contribution in [0.15, 0.2) is 0 Å². The summed E-state index contributed by atoms with van der Waals surface area (Å²) in [6.45, 7) is 9.48. The Morgan fingerprint density at radius 1 is 1.38 bits per heavy atom. The zero-order chi connectivity index (χ0) is 11.7. The highest BCUT2D eigenvalue weighted by Crippen LogP contribution is 2.11. The molecule has 1 N–H and O–H groups in total. The molecule has 0 aliphatic carbocycles. The predicted octanol–water partition coefficient (Wildman–Crippen LogP) is 0.306. The summed E-state index contributed by atoms with van der Waals surface area (Å²) < 4.78 is 2.07. The molecule has 0 amide bonds. The fourth-order valence-electron chi connectivity index (χ4n) is 2.09. The number of nitrogens with zero attached hydrogens (tertiary/aromatic N) is 4. The summed E-state index contributed by atoms with van der Waals surface area (Å²) in [4.78, 5) is 2.46. The predicted molar refractivity (Wildman–Crippen MR) is 63.1 cm³/mol. The zero-order valence-electron chi connectivity index (χ0n) is 10.6. The van der Waals surface area contributed by atoms with Crippen molar-refractivity contribution in [2.45, 2.75) is 39.4 Å². The van der Waals surface area contributed by atoms with Crippen LogP contribution < -0.4 is 5.32 Å². The molecule has 0 saturated carbocycles. The summed E-state index contributed by atoms with van der Waals surface area (Å²) >= 11 is 0. The van der Waals surface area contributed by atoms with Crippen LogP contribution in [-0.2, 0) is 13.6 Å². The number of hydrogen-bond acceptors (Lipinski definition) is 4. The topological polar surface area (TPSA) is 46.0 Å². The summed E-state index contributed by atoms with van der Waals surface area (Å²) in [7, 11) is 2.03. The van der Waals surface area contributed by atoms with Crippen LogP contribution in [0.4, 0.5) is 0 Å². The summed E-state index contributed by atoms with van der Waals surface area (Å²) in [6.07, 6.45) is 0. The molecule has 1 aliphatic rings. The molecule has 1 fully saturated rings. The lowest BCUT2D eigenvalue weighted by Gasteiger charge is -2.37. The molecule has 1 saturated heterocycles. The van der Waals surface area contributed by atoms with E-state index in [1.165, 1.54) is 0 Å². The standard InChI is InChI=1S/C11H21N5/c1-8-6-16(9(2)5-12-8)7-11-14-13-10(3)15(11)4/h8-9,12H,5-7H2,1-4H3. The maximum Gasteiger partial charge on any atom is 0.146 e. The lowest BCUT2D eigenvalue weighted by Crippen LogP contribution is -2.53. The smallest absolute Gasteiger partial charge is 0.146 e. The minimum Gasteiger partial charge on any atom is -0.317 e. The molecular weight excluding hydrogens is 202 g/mol. The van der Waals surface area contributed by atoms with Crippen molar-refractivity contribution in [3.63, 3.8) is 0 Å². The van der Waals surface area contributed by atoms with Gasteiger partial charge in [0, 0.05) is 32.2 Å². The molecule has 2 heterocycles. The van der Waals surface area contributed by atoms with E-state index in [4.69, 9.17) is 0 Å². The maximum absolute atomic E-state index is 4.22. The SMILES string of the molecule is Cc1nnc(CN2CC(C)NCC2C)n1C. The van der Waals surface area contributed by atoms with Crippen LogP contribution in [0, 0.1) is 6.92 Å². The Kier molecular flexibility index (Phi) is 3.25. The van der Waals surface area contributed by atoms with Crippen molar-refractivity contribution >= 4 is 0 Å². The number of rotatable bonds is 2. The first-order valence-corrected chi connectivity index (χ1v) is 5.90. The van der Waals surface area contributed by atoms with Crippen LogP contribution in [0.1, 0.15) is 25.5 Å². The van der Waals surface area contributed by atoms with Gasteiger partial charge in [-0.1, -0.05) is 0 Å². The number of hydrogen-bond donors (Lipinski definition) is 1. The first-order chi connectivity index (χ1) is 7.58. The third kappa shape index (κ3) is 2.25. The second-order valence-electron chi connectivity index (χ2n) is 4.81. The van der Waals surface area contributed by atoms with Crippen molar-refractivity contribution in [2.75, 3.05) is 13.1 Å². The Morgan fingerprint density at radius 2 is 2.12 bits per heavy atom. The molecule has 16 heavy (non-hydrogen) atoms. The van der Waals surface area contributed by atoms with Crippen molar-refractivity contribution in [3.8, 4) is 0 Å². The zero-order valence-corrected chi connectivity index (χ0v) is 10.6. The lowest BCUT2D eigenvalue weighted by atomic mass is 10.1. The molecule has 5 nitrogen and oxygen atoms in total. The van der Waals surface area contributed by atoms with Gasteiger partial charge in [-0.05, 0) is 20.8 Å². The molecular formula is C11H21N5. The quantitative estimate of drug-likeness (QED) is 0.783. The van der Waals surface area contributed by atoms with E-state index in [-0.39, 0.29) is 0 Å². The number of nitrogens with one attached hydrogen (secondary N) is 1. The van der Waals surface area contributed by atoms with Crippen molar-refractivity contribution in [1.29, 1.82) is 0 Å². The largest absolute Gasteiger partial charge is 0.317 e. The van der Waals surface area contributed by atoms with Crippen molar-refractivity contribution in [1.82, 2.24) is 25.0 Å². The van der Waals surface area contributed by atoms with Crippen LogP contribution >= 0.6 is 0 Å². The molecule has 5 heteroatoms. The van der Waals surface area contributed by atoms with E-state index in [0.29, 0.717) is 12.1 Å². The van der Waals surface area contributed by atoms with Crippen LogP contribution in [0.2, 0.25) is 0 Å². The van der Waals surface area contributed by atoms with Crippen LogP contribution in [0.25, 0.3) is 0 Å². The van der Waals surface area contributed by atoms with Gasteiger partial charge in [-0.15, -0.1) is 10.2 Å². The molecule has 2 rings (SSSR count). The van der Waals surface area contributed by atoms with Crippen LogP contribution in [0.3, 0.4) is 0 Å². The van der Waals surface area contributed by atoms with Gasteiger partial charge < -0.3 is 9.88 Å². The maximum atomic E-state index is 4.22. The van der Waals surface area contributed by atoms with E-state index in [1.54, 1.807) is 0 Å². The first-order valence-electron chi connectivity index (χ1n) is 5.90. The van der Waals surface area contributed by atoms with E-state index in [9.17, 15) is 0 Å². The van der Waals surface area contributed by atoms with E-state index in [0.717, 1.165) is 31.3 Å². The molecule has 1 aromatic heterocycles. The van der Waals surface area contributed by atoms with Crippen LogP contribution in [-0.4, -0.2) is 44.8 Å². The van der Waals surface area contributed by atoms with Crippen molar-refractivity contribution in [2.24, 2.45) is 7.05 Å². The molecule has 0 radical (unpaired) electrons. The lowest BCUT2D eigenvalue weighted by molar-refractivity contribution is 0.134. The van der Waals surface area contributed by atoms with Gasteiger partial charge in [-0.25, -0.2) is 0 Å². The van der Waals surface area contributed by atoms with Crippen molar-refractivity contribution < 1.29 is 0 Å². The highest BCUT2D eigenvalue weighted by molar-refractivity contribution is 4.94. The van der Waals surface area contributed by atoms with Gasteiger partial charge >= 0.3 is 0 Å². The van der Waals surface area contributed by atoms with Crippen molar-refractivity contribution in [3.05, 3.63) is 11.6 Å². The summed E-state index contributed by atoms with van der Waals surface area (Å²) in [5.41, 5.74) is 0. The average Bonchev–Trinajstić information content (AvgIpc) is 2.55. The van der Waals surface area contributed by atoms with E-state index in [1.807, 2.05) is 14.0 Å². The van der Waals surface area contributed by atoms with E-state index in [2.05, 4.69) is 38.8 Å². The first kappa shape index (κ1) is 11.5. The minimum absolute atomic E-state index is 0.561. The summed E-state index contributed by atoms with van der Waals surface area (Å²) in [6, 6.07) is 1.12. The Hall–Kier alpha value is -0.940. The second kappa shape index (κ2) is 4.51. The van der Waals surface area contributed by atoms with Gasteiger partial charge in [0.1, 0.15) is 11.6 Å². The molecule has 1 aromatic rings. The summed E-state index contributed by atoms with van der Waals surface area (Å²) in [5, 5.41) is 11.8. The number of aryl methyl sites for hydroxylation is 1. The van der Waals surface area contributed by atoms with Gasteiger partial charge in [-0.2, -0.15) is 0 Å². The van der Waals surface area contributed by atoms with Gasteiger partial charge in [0.2, 0.25) is 0 Å². The molecule has 0 aromatic carbocycles. The Balaban J connectivity index is 2.05. The molecule has 0 bridgehead atoms. The Morgan fingerprint density at radius 3 is 2.75 bits per heavy atom. The normalized spacial score (nSPS) is 27.2.